The number of hydrogen-bond donors (Lipinski definition) is 1. The van der Waals surface area contributed by atoms with Gasteiger partial charge in [-0.05, 0) is 37.5 Å². The van der Waals surface area contributed by atoms with E-state index in [4.69, 9.17) is 0 Å². The fraction of sp³-hybridized carbons (Fsp3) is 0.917. The molecule has 92 valence electrons. The Morgan fingerprint density at radius 2 is 1.69 bits per heavy atom. The van der Waals surface area contributed by atoms with Crippen LogP contribution in [0.4, 0.5) is 0 Å². The van der Waals surface area contributed by atoms with Crippen LogP contribution in [0.15, 0.2) is 0 Å². The van der Waals surface area contributed by atoms with Gasteiger partial charge in [0, 0.05) is 26.2 Å². The smallest absolute Gasteiger partial charge is 0.228 e. The van der Waals surface area contributed by atoms with Crippen molar-refractivity contribution in [1.29, 1.82) is 0 Å². The van der Waals surface area contributed by atoms with Crippen molar-refractivity contribution in [3.8, 4) is 0 Å². The number of carbonyl (C=O) groups is 1. The molecular weight excluding hydrogens is 224 g/mol. The zero-order chi connectivity index (χ0) is 10.4. The van der Waals surface area contributed by atoms with E-state index >= 15 is 0 Å². The van der Waals surface area contributed by atoms with Gasteiger partial charge >= 0.3 is 0 Å². The lowest BCUT2D eigenvalue weighted by atomic mass is 9.98. The number of amides is 1. The maximum atomic E-state index is 12.1. The molecule has 0 atom stereocenters. The Bertz CT molecular complexity index is 260. The third-order valence-corrected chi connectivity index (χ3v) is 4.14. The average Bonchev–Trinajstić information content (AvgIpc) is 2.95. The molecule has 0 aromatic heterocycles. The molecule has 3 rings (SSSR count). The summed E-state index contributed by atoms with van der Waals surface area (Å²) in [5.74, 6) is 2.33. The van der Waals surface area contributed by atoms with E-state index in [1.807, 2.05) is 7.05 Å². The summed E-state index contributed by atoms with van der Waals surface area (Å²) in [5.41, 5.74) is 0. The van der Waals surface area contributed by atoms with Crippen LogP contribution < -0.4 is 5.32 Å². The van der Waals surface area contributed by atoms with E-state index in [1.165, 1.54) is 25.7 Å². The lowest BCUT2D eigenvalue weighted by Crippen LogP contribution is -2.54. The average molecular weight is 245 g/mol. The van der Waals surface area contributed by atoms with Crippen LogP contribution >= 0.6 is 12.4 Å². The van der Waals surface area contributed by atoms with E-state index in [2.05, 4.69) is 10.2 Å². The third kappa shape index (κ3) is 2.21. The van der Waals surface area contributed by atoms with Gasteiger partial charge in [-0.2, -0.15) is 0 Å². The molecule has 0 aromatic carbocycles. The van der Waals surface area contributed by atoms with Crippen LogP contribution in [-0.4, -0.2) is 37.0 Å². The molecule has 16 heavy (non-hydrogen) atoms. The molecule has 0 aromatic rings. The SMILES string of the molecule is CN(C(=O)C1CNC1)C(C1CC1)C1CC1.Cl. The third-order valence-electron chi connectivity index (χ3n) is 4.14. The largest absolute Gasteiger partial charge is 0.342 e. The van der Waals surface area contributed by atoms with E-state index in [-0.39, 0.29) is 18.3 Å². The highest BCUT2D eigenvalue weighted by Gasteiger charge is 2.46. The monoisotopic (exact) mass is 244 g/mol. The standard InChI is InChI=1S/C12H20N2O.ClH/c1-14(12(15)10-6-13-7-10)11(8-2-3-8)9-4-5-9;/h8-11,13H,2-7H2,1H3;1H. The van der Waals surface area contributed by atoms with Gasteiger partial charge in [0.05, 0.1) is 5.92 Å². The summed E-state index contributed by atoms with van der Waals surface area (Å²) in [6.45, 7) is 1.79. The van der Waals surface area contributed by atoms with Gasteiger partial charge in [0.15, 0.2) is 0 Å². The summed E-state index contributed by atoms with van der Waals surface area (Å²) in [6.07, 6.45) is 5.40. The van der Waals surface area contributed by atoms with E-state index in [1.54, 1.807) is 0 Å². The van der Waals surface area contributed by atoms with Crippen molar-refractivity contribution in [1.82, 2.24) is 10.2 Å². The molecule has 1 aliphatic heterocycles. The number of carbonyl (C=O) groups excluding carboxylic acids is 1. The van der Waals surface area contributed by atoms with Crippen molar-refractivity contribution in [3.05, 3.63) is 0 Å². The Labute approximate surface area is 103 Å². The minimum atomic E-state index is 0. The predicted molar refractivity (Wildman–Crippen MR) is 65.6 cm³/mol. The second-order valence-electron chi connectivity index (χ2n) is 5.47. The first-order valence-corrected chi connectivity index (χ1v) is 6.25. The quantitative estimate of drug-likeness (QED) is 0.808. The van der Waals surface area contributed by atoms with Crippen LogP contribution in [0.1, 0.15) is 25.7 Å². The molecule has 4 heteroatoms. The molecule has 1 heterocycles. The van der Waals surface area contributed by atoms with Gasteiger partial charge in [0.1, 0.15) is 0 Å². The molecule has 3 fully saturated rings. The number of nitrogens with zero attached hydrogens (tertiary/aromatic N) is 1. The number of halogens is 1. The van der Waals surface area contributed by atoms with Crippen molar-refractivity contribution in [2.45, 2.75) is 31.7 Å². The Morgan fingerprint density at radius 1 is 1.19 bits per heavy atom. The first kappa shape index (κ1) is 12.2. The Kier molecular flexibility index (Phi) is 3.45. The van der Waals surface area contributed by atoms with Crippen LogP contribution in [-0.2, 0) is 4.79 Å². The van der Waals surface area contributed by atoms with Gasteiger partial charge in [0.2, 0.25) is 5.91 Å². The van der Waals surface area contributed by atoms with Gasteiger partial charge in [-0.1, -0.05) is 0 Å². The van der Waals surface area contributed by atoms with Crippen LogP contribution in [0.5, 0.6) is 0 Å². The van der Waals surface area contributed by atoms with E-state index < -0.39 is 0 Å². The molecule has 2 saturated carbocycles. The van der Waals surface area contributed by atoms with Gasteiger partial charge in [0.25, 0.3) is 0 Å². The number of nitrogens with one attached hydrogen (secondary N) is 1. The minimum Gasteiger partial charge on any atom is -0.342 e. The molecule has 1 saturated heterocycles. The van der Waals surface area contributed by atoms with Gasteiger partial charge < -0.3 is 10.2 Å². The maximum absolute atomic E-state index is 12.1. The lowest BCUT2D eigenvalue weighted by Gasteiger charge is -2.35. The van der Waals surface area contributed by atoms with E-state index in [0.29, 0.717) is 11.9 Å². The second-order valence-corrected chi connectivity index (χ2v) is 5.47. The van der Waals surface area contributed by atoms with E-state index in [9.17, 15) is 4.79 Å². The zero-order valence-corrected chi connectivity index (χ0v) is 10.6. The summed E-state index contributed by atoms with van der Waals surface area (Å²) < 4.78 is 0. The molecule has 1 amide bonds. The molecule has 3 nitrogen and oxygen atoms in total. The summed E-state index contributed by atoms with van der Waals surface area (Å²) >= 11 is 0. The lowest BCUT2D eigenvalue weighted by molar-refractivity contribution is -0.138. The molecule has 0 bridgehead atoms. The molecule has 0 unspecified atom stereocenters. The summed E-state index contributed by atoms with van der Waals surface area (Å²) in [7, 11) is 2.03. The van der Waals surface area contributed by atoms with Crippen molar-refractivity contribution >= 4 is 18.3 Å². The van der Waals surface area contributed by atoms with Gasteiger partial charge in [-0.25, -0.2) is 0 Å². The van der Waals surface area contributed by atoms with Crippen LogP contribution in [0.25, 0.3) is 0 Å². The van der Waals surface area contributed by atoms with Crippen molar-refractivity contribution in [2.24, 2.45) is 17.8 Å². The van der Waals surface area contributed by atoms with Gasteiger partial charge in [-0.3, -0.25) is 4.79 Å². The maximum Gasteiger partial charge on any atom is 0.228 e. The normalized spacial score (nSPS) is 24.9. The van der Waals surface area contributed by atoms with Crippen molar-refractivity contribution < 1.29 is 4.79 Å². The Balaban J connectivity index is 0.000000963. The molecule has 3 aliphatic rings. The van der Waals surface area contributed by atoms with E-state index in [0.717, 1.165) is 24.9 Å². The highest BCUT2D eigenvalue weighted by Crippen LogP contribution is 2.47. The summed E-state index contributed by atoms with van der Waals surface area (Å²) in [5, 5.41) is 3.18. The van der Waals surface area contributed by atoms with Crippen molar-refractivity contribution in [2.75, 3.05) is 20.1 Å². The summed E-state index contributed by atoms with van der Waals surface area (Å²) in [4.78, 5) is 14.2. The van der Waals surface area contributed by atoms with Gasteiger partial charge in [-0.15, -0.1) is 12.4 Å². The molecule has 1 N–H and O–H groups in total. The molecule has 0 radical (unpaired) electrons. The molecular formula is C12H21ClN2O. The highest BCUT2D eigenvalue weighted by atomic mass is 35.5. The molecule has 0 spiro atoms. The minimum absolute atomic E-state index is 0. The zero-order valence-electron chi connectivity index (χ0n) is 9.82. The van der Waals surface area contributed by atoms with Crippen LogP contribution in [0.3, 0.4) is 0 Å². The van der Waals surface area contributed by atoms with Crippen molar-refractivity contribution in [3.63, 3.8) is 0 Å². The topological polar surface area (TPSA) is 32.3 Å². The first-order valence-electron chi connectivity index (χ1n) is 6.25. The predicted octanol–water partition coefficient (Wildman–Crippen LogP) is 1.27. The number of rotatable bonds is 4. The second kappa shape index (κ2) is 4.53. The Hall–Kier alpha value is -0.280. The van der Waals surface area contributed by atoms with Crippen LogP contribution in [0.2, 0.25) is 0 Å². The first-order chi connectivity index (χ1) is 7.27. The van der Waals surface area contributed by atoms with Crippen LogP contribution in [0, 0.1) is 17.8 Å². The highest BCUT2D eigenvalue weighted by molar-refractivity contribution is 5.85. The fourth-order valence-electron chi connectivity index (χ4n) is 2.79. The summed E-state index contributed by atoms with van der Waals surface area (Å²) in [6, 6.07) is 0.582. The number of hydrogen-bond acceptors (Lipinski definition) is 2. The fourth-order valence-corrected chi connectivity index (χ4v) is 2.79. The Morgan fingerprint density at radius 3 is 2.00 bits per heavy atom. The molecule has 2 aliphatic carbocycles.